The van der Waals surface area contributed by atoms with Crippen LogP contribution < -0.4 is 0 Å². The van der Waals surface area contributed by atoms with Crippen LogP contribution in [0.3, 0.4) is 0 Å². The highest BCUT2D eigenvalue weighted by Crippen LogP contribution is 2.20. The van der Waals surface area contributed by atoms with Crippen molar-refractivity contribution in [2.45, 2.75) is 13.0 Å². The number of para-hydroxylation sites is 1. The molecule has 0 saturated heterocycles. The van der Waals surface area contributed by atoms with Crippen molar-refractivity contribution in [1.82, 2.24) is 14.7 Å². The highest BCUT2D eigenvalue weighted by Gasteiger charge is 2.18. The number of nitrogens with zero attached hydrogens (tertiary/aromatic N) is 3. The Labute approximate surface area is 95.3 Å². The Balaban J connectivity index is 2.04. The van der Waals surface area contributed by atoms with Gasteiger partial charge in [-0.05, 0) is 19.2 Å². The Bertz CT molecular complexity index is 487. The molecule has 2 aromatic rings. The Kier molecular flexibility index (Phi) is 2.26. The zero-order valence-electron chi connectivity index (χ0n) is 9.43. The SMILES string of the molecule is CN1CCc2c(cnn2-c2ccccc2)C1. The molecule has 1 aliphatic rings. The third-order valence-corrected chi connectivity index (χ3v) is 3.13. The van der Waals surface area contributed by atoms with Gasteiger partial charge in [-0.25, -0.2) is 4.68 Å². The van der Waals surface area contributed by atoms with Crippen molar-refractivity contribution in [3.8, 4) is 5.69 Å². The molecular formula is C13H15N3. The highest BCUT2D eigenvalue weighted by atomic mass is 15.3. The molecule has 1 aromatic heterocycles. The first-order valence-corrected chi connectivity index (χ1v) is 5.64. The first-order chi connectivity index (χ1) is 7.84. The van der Waals surface area contributed by atoms with Gasteiger partial charge in [-0.1, -0.05) is 18.2 Å². The first kappa shape index (κ1) is 9.60. The maximum Gasteiger partial charge on any atom is 0.0648 e. The van der Waals surface area contributed by atoms with Crippen LogP contribution >= 0.6 is 0 Å². The molecule has 0 amide bonds. The van der Waals surface area contributed by atoms with E-state index in [2.05, 4.69) is 46.0 Å². The van der Waals surface area contributed by atoms with E-state index in [0.717, 1.165) is 25.2 Å². The summed E-state index contributed by atoms with van der Waals surface area (Å²) in [5.41, 5.74) is 3.88. The Morgan fingerprint density at radius 3 is 2.81 bits per heavy atom. The fourth-order valence-electron chi connectivity index (χ4n) is 2.26. The monoisotopic (exact) mass is 213 g/mol. The van der Waals surface area contributed by atoms with Crippen molar-refractivity contribution < 1.29 is 0 Å². The molecular weight excluding hydrogens is 198 g/mol. The van der Waals surface area contributed by atoms with Gasteiger partial charge in [-0.2, -0.15) is 5.10 Å². The lowest BCUT2D eigenvalue weighted by molar-refractivity contribution is 0.310. The van der Waals surface area contributed by atoms with Crippen molar-refractivity contribution in [2.24, 2.45) is 0 Å². The average molecular weight is 213 g/mol. The molecule has 0 N–H and O–H groups in total. The molecule has 0 spiro atoms. The van der Waals surface area contributed by atoms with E-state index in [-0.39, 0.29) is 0 Å². The maximum atomic E-state index is 4.49. The molecule has 0 radical (unpaired) electrons. The molecule has 0 fully saturated rings. The summed E-state index contributed by atoms with van der Waals surface area (Å²) in [5.74, 6) is 0. The van der Waals surface area contributed by atoms with E-state index in [1.165, 1.54) is 11.3 Å². The number of hydrogen-bond donors (Lipinski definition) is 0. The number of rotatable bonds is 1. The van der Waals surface area contributed by atoms with Gasteiger partial charge >= 0.3 is 0 Å². The van der Waals surface area contributed by atoms with Crippen LogP contribution in [0.25, 0.3) is 5.69 Å². The van der Waals surface area contributed by atoms with Gasteiger partial charge in [0.15, 0.2) is 0 Å². The van der Waals surface area contributed by atoms with Crippen molar-refractivity contribution in [1.29, 1.82) is 0 Å². The highest BCUT2D eigenvalue weighted by molar-refractivity contribution is 5.35. The van der Waals surface area contributed by atoms with Gasteiger partial charge < -0.3 is 4.90 Å². The normalized spacial score (nSPS) is 16.1. The number of benzene rings is 1. The molecule has 2 heterocycles. The van der Waals surface area contributed by atoms with Crippen LogP contribution in [-0.2, 0) is 13.0 Å². The largest absolute Gasteiger partial charge is 0.302 e. The molecule has 1 aromatic carbocycles. The second kappa shape index (κ2) is 3.76. The summed E-state index contributed by atoms with van der Waals surface area (Å²) in [6, 6.07) is 10.3. The van der Waals surface area contributed by atoms with Crippen LogP contribution in [0.2, 0.25) is 0 Å². The summed E-state index contributed by atoms with van der Waals surface area (Å²) in [7, 11) is 2.16. The lowest BCUT2D eigenvalue weighted by Gasteiger charge is -2.22. The summed E-state index contributed by atoms with van der Waals surface area (Å²) in [6.45, 7) is 2.13. The van der Waals surface area contributed by atoms with Gasteiger partial charge in [0.2, 0.25) is 0 Å². The molecule has 0 aliphatic carbocycles. The van der Waals surface area contributed by atoms with Gasteiger partial charge in [-0.3, -0.25) is 0 Å². The minimum absolute atomic E-state index is 1.02. The van der Waals surface area contributed by atoms with E-state index in [1.54, 1.807) is 0 Å². The van der Waals surface area contributed by atoms with E-state index >= 15 is 0 Å². The van der Waals surface area contributed by atoms with Crippen LogP contribution in [0.1, 0.15) is 11.3 Å². The average Bonchev–Trinajstić information content (AvgIpc) is 2.73. The molecule has 1 aliphatic heterocycles. The van der Waals surface area contributed by atoms with E-state index in [0.29, 0.717) is 0 Å². The van der Waals surface area contributed by atoms with Crippen LogP contribution in [0.4, 0.5) is 0 Å². The summed E-state index contributed by atoms with van der Waals surface area (Å²) >= 11 is 0. The van der Waals surface area contributed by atoms with Crippen molar-refractivity contribution in [3.63, 3.8) is 0 Å². The van der Waals surface area contributed by atoms with E-state index in [9.17, 15) is 0 Å². The lowest BCUT2D eigenvalue weighted by atomic mass is 10.1. The molecule has 0 saturated carbocycles. The predicted molar refractivity (Wildman–Crippen MR) is 63.6 cm³/mol. The number of aromatic nitrogens is 2. The Hall–Kier alpha value is -1.61. The summed E-state index contributed by atoms with van der Waals surface area (Å²) in [5, 5.41) is 4.49. The van der Waals surface area contributed by atoms with Crippen LogP contribution in [0.15, 0.2) is 36.5 Å². The van der Waals surface area contributed by atoms with Crippen LogP contribution in [-0.4, -0.2) is 28.3 Å². The fraction of sp³-hybridized carbons (Fsp3) is 0.308. The van der Waals surface area contributed by atoms with E-state index < -0.39 is 0 Å². The van der Waals surface area contributed by atoms with Crippen LogP contribution in [0, 0.1) is 0 Å². The summed E-state index contributed by atoms with van der Waals surface area (Å²) in [6.07, 6.45) is 3.08. The zero-order valence-corrected chi connectivity index (χ0v) is 9.43. The van der Waals surface area contributed by atoms with Crippen molar-refractivity contribution in [3.05, 3.63) is 47.8 Å². The molecule has 3 rings (SSSR count). The molecule has 16 heavy (non-hydrogen) atoms. The molecule has 3 heteroatoms. The summed E-state index contributed by atoms with van der Waals surface area (Å²) in [4.78, 5) is 2.33. The Morgan fingerprint density at radius 2 is 2.00 bits per heavy atom. The maximum absolute atomic E-state index is 4.49. The first-order valence-electron chi connectivity index (χ1n) is 5.64. The minimum atomic E-state index is 1.02. The fourth-order valence-corrected chi connectivity index (χ4v) is 2.26. The predicted octanol–water partition coefficient (Wildman–Crippen LogP) is 1.86. The van der Waals surface area contributed by atoms with E-state index in [4.69, 9.17) is 0 Å². The molecule has 0 bridgehead atoms. The Morgan fingerprint density at radius 1 is 1.19 bits per heavy atom. The third-order valence-electron chi connectivity index (χ3n) is 3.13. The van der Waals surface area contributed by atoms with Crippen molar-refractivity contribution >= 4 is 0 Å². The van der Waals surface area contributed by atoms with Crippen molar-refractivity contribution in [2.75, 3.05) is 13.6 Å². The summed E-state index contributed by atoms with van der Waals surface area (Å²) < 4.78 is 2.07. The molecule has 82 valence electrons. The second-order valence-corrected chi connectivity index (χ2v) is 4.35. The van der Waals surface area contributed by atoms with E-state index in [1.807, 2.05) is 12.3 Å². The van der Waals surface area contributed by atoms with Gasteiger partial charge in [0, 0.05) is 30.8 Å². The lowest BCUT2D eigenvalue weighted by Crippen LogP contribution is -2.27. The smallest absolute Gasteiger partial charge is 0.0648 e. The standard InChI is InChI=1S/C13H15N3/c1-15-8-7-13-11(10-15)9-14-16(13)12-5-3-2-4-6-12/h2-6,9H,7-8,10H2,1H3. The number of fused-ring (bicyclic) bond motifs is 1. The second-order valence-electron chi connectivity index (χ2n) is 4.35. The zero-order chi connectivity index (χ0) is 11.0. The number of likely N-dealkylation sites (N-methyl/N-ethyl adjacent to an activating group) is 1. The van der Waals surface area contributed by atoms with Gasteiger partial charge in [0.05, 0.1) is 11.9 Å². The quantitative estimate of drug-likeness (QED) is 0.721. The molecule has 0 atom stereocenters. The number of hydrogen-bond acceptors (Lipinski definition) is 2. The molecule has 3 nitrogen and oxygen atoms in total. The molecule has 0 unspecified atom stereocenters. The van der Waals surface area contributed by atoms with Gasteiger partial charge in [0.25, 0.3) is 0 Å². The van der Waals surface area contributed by atoms with Crippen LogP contribution in [0.5, 0.6) is 0 Å². The van der Waals surface area contributed by atoms with Gasteiger partial charge in [0.1, 0.15) is 0 Å². The van der Waals surface area contributed by atoms with Gasteiger partial charge in [-0.15, -0.1) is 0 Å². The minimum Gasteiger partial charge on any atom is -0.302 e. The topological polar surface area (TPSA) is 21.1 Å². The third kappa shape index (κ3) is 1.53.